The van der Waals surface area contributed by atoms with Crippen molar-refractivity contribution < 1.29 is 14.3 Å². The van der Waals surface area contributed by atoms with Crippen LogP contribution in [0.25, 0.3) is 34.0 Å². The maximum atomic E-state index is 10.7. The molecule has 1 heterocycles. The van der Waals surface area contributed by atoms with Crippen LogP contribution in [0, 0.1) is 6.92 Å². The molecule has 0 spiro atoms. The van der Waals surface area contributed by atoms with E-state index < -0.39 is 5.97 Å². The molecule has 0 radical (unpaired) electrons. The maximum Gasteiger partial charge on any atom is 0.317 e. The first kappa shape index (κ1) is 21.0. The van der Waals surface area contributed by atoms with E-state index in [1.165, 1.54) is 0 Å². The van der Waals surface area contributed by atoms with Gasteiger partial charge in [-0.3, -0.25) is 4.79 Å². The lowest BCUT2D eigenvalue weighted by molar-refractivity contribution is -0.135. The van der Waals surface area contributed by atoms with Gasteiger partial charge in [0.1, 0.15) is 0 Å². The second-order valence-corrected chi connectivity index (χ2v) is 7.92. The van der Waals surface area contributed by atoms with Gasteiger partial charge in [-0.05, 0) is 63.3 Å². The van der Waals surface area contributed by atoms with Gasteiger partial charge in [0.2, 0.25) is 11.8 Å². The smallest absolute Gasteiger partial charge is 0.317 e. The highest BCUT2D eigenvalue weighted by atomic mass is 79.9. The zero-order valence-corrected chi connectivity index (χ0v) is 18.4. The van der Waals surface area contributed by atoms with Gasteiger partial charge in [-0.2, -0.15) is 0 Å². The molecule has 2 N–H and O–H groups in total. The summed E-state index contributed by atoms with van der Waals surface area (Å²) in [6.07, 6.45) is 0. The minimum absolute atomic E-state index is 0.104. The van der Waals surface area contributed by atoms with Crippen molar-refractivity contribution in [2.24, 2.45) is 0 Å². The Hall–Kier alpha value is -3.29. The van der Waals surface area contributed by atoms with Gasteiger partial charge in [0.25, 0.3) is 0 Å². The van der Waals surface area contributed by atoms with Gasteiger partial charge in [-0.25, -0.2) is 0 Å². The summed E-state index contributed by atoms with van der Waals surface area (Å²) in [6.45, 7) is 2.37. The highest BCUT2D eigenvalue weighted by Gasteiger charge is 2.17. The number of aliphatic carboxylic acids is 1. The molecule has 0 saturated carbocycles. The average molecular weight is 478 g/mol. The van der Waals surface area contributed by atoms with E-state index in [2.05, 4.69) is 49.6 Å². The minimum atomic E-state index is -0.896. The lowest BCUT2D eigenvalue weighted by Crippen LogP contribution is -2.21. The van der Waals surface area contributed by atoms with Gasteiger partial charge in [0.05, 0.1) is 12.1 Å². The Balaban J connectivity index is 1.64. The molecule has 156 valence electrons. The van der Waals surface area contributed by atoms with Crippen LogP contribution < -0.4 is 5.32 Å². The average Bonchev–Trinajstić information content (AvgIpc) is 3.25. The lowest BCUT2D eigenvalue weighted by atomic mass is 9.96. The van der Waals surface area contributed by atoms with E-state index in [4.69, 9.17) is 9.52 Å². The molecule has 4 aromatic rings. The van der Waals surface area contributed by atoms with Crippen LogP contribution in [0.4, 0.5) is 0 Å². The predicted octanol–water partition coefficient (Wildman–Crippen LogP) is 5.32. The first-order valence-electron chi connectivity index (χ1n) is 9.73. The van der Waals surface area contributed by atoms with E-state index in [-0.39, 0.29) is 6.54 Å². The number of nitrogens with zero attached hydrogens (tertiary/aromatic N) is 2. The summed E-state index contributed by atoms with van der Waals surface area (Å²) in [5, 5.41) is 20.2. The summed E-state index contributed by atoms with van der Waals surface area (Å²) in [5.41, 5.74) is 5.87. The number of rotatable bonds is 7. The number of aromatic nitrogens is 2. The number of halogens is 1. The molecule has 0 aliphatic heterocycles. The molecule has 6 nitrogen and oxygen atoms in total. The number of carboxylic acid groups (broad SMARTS) is 1. The molecule has 31 heavy (non-hydrogen) atoms. The molecule has 0 amide bonds. The monoisotopic (exact) mass is 477 g/mol. The highest BCUT2D eigenvalue weighted by Crippen LogP contribution is 2.34. The van der Waals surface area contributed by atoms with E-state index in [9.17, 15) is 4.79 Å². The molecule has 0 saturated heterocycles. The van der Waals surface area contributed by atoms with Crippen molar-refractivity contribution >= 4 is 21.9 Å². The molecule has 3 aromatic carbocycles. The van der Waals surface area contributed by atoms with Gasteiger partial charge >= 0.3 is 5.97 Å². The van der Waals surface area contributed by atoms with Crippen LogP contribution in [0.2, 0.25) is 0 Å². The summed E-state index contributed by atoms with van der Waals surface area (Å²) in [4.78, 5) is 10.7. The van der Waals surface area contributed by atoms with Gasteiger partial charge in [-0.1, -0.05) is 48.5 Å². The molecule has 0 aliphatic carbocycles. The Morgan fingerprint density at radius 3 is 2.42 bits per heavy atom. The highest BCUT2D eigenvalue weighted by molar-refractivity contribution is 9.10. The summed E-state index contributed by atoms with van der Waals surface area (Å²) >= 11 is 3.54. The fraction of sp³-hybridized carbons (Fsp3) is 0.125. The van der Waals surface area contributed by atoms with Crippen molar-refractivity contribution in [2.45, 2.75) is 13.5 Å². The molecular weight excluding hydrogens is 458 g/mol. The van der Waals surface area contributed by atoms with Crippen LogP contribution in [0.3, 0.4) is 0 Å². The third kappa shape index (κ3) is 4.73. The third-order valence-corrected chi connectivity index (χ3v) is 5.63. The number of benzene rings is 3. The van der Waals surface area contributed by atoms with Gasteiger partial charge < -0.3 is 14.8 Å². The fourth-order valence-corrected chi connectivity index (χ4v) is 3.81. The Morgan fingerprint density at radius 1 is 0.968 bits per heavy atom. The topological polar surface area (TPSA) is 88.2 Å². The van der Waals surface area contributed by atoms with Crippen molar-refractivity contribution in [1.82, 2.24) is 15.5 Å². The number of carboxylic acids is 1. The van der Waals surface area contributed by atoms with Crippen LogP contribution in [-0.4, -0.2) is 27.8 Å². The quantitative estimate of drug-likeness (QED) is 0.374. The maximum absolute atomic E-state index is 10.7. The lowest BCUT2D eigenvalue weighted by Gasteiger charge is -2.09. The summed E-state index contributed by atoms with van der Waals surface area (Å²) < 4.78 is 6.86. The number of nitrogens with one attached hydrogen (secondary N) is 1. The summed E-state index contributed by atoms with van der Waals surface area (Å²) in [7, 11) is 0. The van der Waals surface area contributed by atoms with Crippen LogP contribution >= 0.6 is 15.9 Å². The number of hydrogen-bond acceptors (Lipinski definition) is 5. The fourth-order valence-electron chi connectivity index (χ4n) is 3.40. The van der Waals surface area contributed by atoms with Crippen LogP contribution in [0.5, 0.6) is 0 Å². The van der Waals surface area contributed by atoms with Crippen molar-refractivity contribution in [3.63, 3.8) is 0 Å². The van der Waals surface area contributed by atoms with Gasteiger partial charge in [0.15, 0.2) is 0 Å². The van der Waals surface area contributed by atoms with E-state index in [1.807, 2.05) is 55.5 Å². The Morgan fingerprint density at radius 2 is 1.68 bits per heavy atom. The summed E-state index contributed by atoms with van der Waals surface area (Å²) in [5.74, 6) is -0.0509. The van der Waals surface area contributed by atoms with Gasteiger partial charge in [0, 0.05) is 16.6 Å². The number of carbonyl (C=O) groups is 1. The largest absolute Gasteiger partial charge is 0.480 e. The van der Waals surface area contributed by atoms with Crippen LogP contribution in [0.15, 0.2) is 75.6 Å². The molecule has 0 atom stereocenters. The van der Waals surface area contributed by atoms with E-state index in [1.54, 1.807) is 0 Å². The van der Waals surface area contributed by atoms with E-state index in [0.717, 1.165) is 37.9 Å². The van der Waals surface area contributed by atoms with Crippen molar-refractivity contribution in [1.29, 1.82) is 0 Å². The SMILES string of the molecule is Cc1c(-c2ccccc2)cccc1-c1nnc(-c2cc(CNCC(=O)O)ccc2Br)o1. The first-order chi connectivity index (χ1) is 15.0. The second-order valence-electron chi connectivity index (χ2n) is 7.07. The van der Waals surface area contributed by atoms with Crippen molar-refractivity contribution in [3.8, 4) is 34.0 Å². The Kier molecular flexibility index (Phi) is 6.25. The van der Waals surface area contributed by atoms with Crippen LogP contribution in [-0.2, 0) is 11.3 Å². The van der Waals surface area contributed by atoms with Gasteiger partial charge in [-0.15, -0.1) is 10.2 Å². The predicted molar refractivity (Wildman–Crippen MR) is 122 cm³/mol. The molecule has 0 bridgehead atoms. The standard InChI is InChI=1S/C24H20BrN3O3/c1-15-18(17-6-3-2-4-7-17)8-5-9-19(15)23-27-28-24(31-23)20-12-16(10-11-21(20)25)13-26-14-22(29)30/h2-12,26H,13-14H2,1H3,(H,29,30). The molecule has 7 heteroatoms. The normalized spacial score (nSPS) is 10.9. The van der Waals surface area contributed by atoms with Crippen molar-refractivity contribution in [3.05, 3.63) is 82.3 Å². The second kappa shape index (κ2) is 9.24. The van der Waals surface area contributed by atoms with E-state index >= 15 is 0 Å². The molecule has 1 aromatic heterocycles. The minimum Gasteiger partial charge on any atom is -0.480 e. The Labute approximate surface area is 188 Å². The molecule has 0 fully saturated rings. The zero-order valence-electron chi connectivity index (χ0n) is 16.8. The molecule has 4 rings (SSSR count). The third-order valence-electron chi connectivity index (χ3n) is 4.94. The van der Waals surface area contributed by atoms with Crippen LogP contribution in [0.1, 0.15) is 11.1 Å². The number of hydrogen-bond donors (Lipinski definition) is 2. The first-order valence-corrected chi connectivity index (χ1v) is 10.5. The Bertz CT molecular complexity index is 1220. The molecule has 0 unspecified atom stereocenters. The molecule has 0 aliphatic rings. The van der Waals surface area contributed by atoms with E-state index in [0.29, 0.717) is 18.3 Å². The summed E-state index contributed by atoms with van der Waals surface area (Å²) in [6, 6.07) is 21.9. The zero-order chi connectivity index (χ0) is 21.8. The molecular formula is C24H20BrN3O3. The van der Waals surface area contributed by atoms with Crippen molar-refractivity contribution in [2.75, 3.05) is 6.54 Å².